The summed E-state index contributed by atoms with van der Waals surface area (Å²) in [6.45, 7) is 10.6. The number of hydrogen-bond donors (Lipinski definition) is 2. The van der Waals surface area contributed by atoms with Gasteiger partial charge in [0.2, 0.25) is 0 Å². The SMILES string of the molecule is Cc1cc(C)c(-c2cnc(C(N)C(C)C)[nH]2)cc1C. The highest BCUT2D eigenvalue weighted by Crippen LogP contribution is 2.26. The molecule has 0 saturated carbocycles. The van der Waals surface area contributed by atoms with Crippen LogP contribution in [0.3, 0.4) is 0 Å². The third-order valence-corrected chi connectivity index (χ3v) is 3.76. The number of rotatable bonds is 3. The monoisotopic (exact) mass is 257 g/mol. The van der Waals surface area contributed by atoms with Gasteiger partial charge in [-0.05, 0) is 49.4 Å². The number of benzene rings is 1. The molecule has 1 aromatic heterocycles. The molecule has 1 atom stereocenters. The van der Waals surface area contributed by atoms with Crippen molar-refractivity contribution in [1.82, 2.24) is 9.97 Å². The normalized spacial score (nSPS) is 13.0. The number of nitrogens with two attached hydrogens (primary N) is 1. The zero-order valence-corrected chi connectivity index (χ0v) is 12.4. The van der Waals surface area contributed by atoms with Crippen molar-refractivity contribution in [3.05, 3.63) is 40.8 Å². The van der Waals surface area contributed by atoms with E-state index in [-0.39, 0.29) is 6.04 Å². The number of aromatic amines is 1. The molecule has 2 aromatic rings. The van der Waals surface area contributed by atoms with Crippen LogP contribution in [0.4, 0.5) is 0 Å². The number of imidazole rings is 1. The number of nitrogens with one attached hydrogen (secondary N) is 1. The Hall–Kier alpha value is -1.61. The minimum Gasteiger partial charge on any atom is -0.341 e. The van der Waals surface area contributed by atoms with E-state index in [0.29, 0.717) is 5.92 Å². The average molecular weight is 257 g/mol. The second kappa shape index (κ2) is 5.17. The summed E-state index contributed by atoms with van der Waals surface area (Å²) >= 11 is 0. The molecule has 0 amide bonds. The lowest BCUT2D eigenvalue weighted by Gasteiger charge is -2.12. The second-order valence-electron chi connectivity index (χ2n) is 5.70. The maximum absolute atomic E-state index is 6.13. The molecule has 0 aliphatic rings. The lowest BCUT2D eigenvalue weighted by molar-refractivity contribution is 0.494. The smallest absolute Gasteiger partial charge is 0.123 e. The molecule has 3 nitrogen and oxygen atoms in total. The second-order valence-corrected chi connectivity index (χ2v) is 5.70. The molecule has 0 radical (unpaired) electrons. The van der Waals surface area contributed by atoms with E-state index in [4.69, 9.17) is 5.73 Å². The van der Waals surface area contributed by atoms with Crippen LogP contribution < -0.4 is 5.73 Å². The molecule has 2 rings (SSSR count). The van der Waals surface area contributed by atoms with Gasteiger partial charge < -0.3 is 10.7 Å². The minimum atomic E-state index is -0.0411. The fraction of sp³-hybridized carbons (Fsp3) is 0.438. The molecule has 102 valence electrons. The van der Waals surface area contributed by atoms with Gasteiger partial charge >= 0.3 is 0 Å². The number of H-pyrrole nitrogens is 1. The fourth-order valence-corrected chi connectivity index (χ4v) is 2.21. The summed E-state index contributed by atoms with van der Waals surface area (Å²) in [5, 5.41) is 0. The van der Waals surface area contributed by atoms with Gasteiger partial charge in [0.05, 0.1) is 17.9 Å². The van der Waals surface area contributed by atoms with Gasteiger partial charge in [0, 0.05) is 5.56 Å². The third-order valence-electron chi connectivity index (χ3n) is 3.76. The van der Waals surface area contributed by atoms with Crippen molar-refractivity contribution < 1.29 is 0 Å². The molecular weight excluding hydrogens is 234 g/mol. The van der Waals surface area contributed by atoms with Gasteiger partial charge in [-0.15, -0.1) is 0 Å². The molecule has 0 aliphatic carbocycles. The van der Waals surface area contributed by atoms with Crippen molar-refractivity contribution in [2.45, 2.75) is 40.7 Å². The summed E-state index contributed by atoms with van der Waals surface area (Å²) in [5.41, 5.74) is 12.3. The molecule has 0 spiro atoms. The molecular formula is C16H23N3. The van der Waals surface area contributed by atoms with E-state index in [1.807, 2.05) is 6.20 Å². The molecule has 1 aromatic carbocycles. The van der Waals surface area contributed by atoms with E-state index in [1.165, 1.54) is 22.3 Å². The zero-order valence-electron chi connectivity index (χ0n) is 12.4. The highest BCUT2D eigenvalue weighted by Gasteiger charge is 2.15. The largest absolute Gasteiger partial charge is 0.341 e. The molecule has 0 bridgehead atoms. The number of nitrogens with zero attached hydrogens (tertiary/aromatic N) is 1. The van der Waals surface area contributed by atoms with Crippen LogP contribution in [-0.2, 0) is 0 Å². The molecule has 3 N–H and O–H groups in total. The fourth-order valence-electron chi connectivity index (χ4n) is 2.21. The summed E-state index contributed by atoms with van der Waals surface area (Å²) in [7, 11) is 0. The van der Waals surface area contributed by atoms with Crippen LogP contribution in [0.1, 0.15) is 42.4 Å². The minimum absolute atomic E-state index is 0.0411. The Morgan fingerprint density at radius 1 is 1.05 bits per heavy atom. The highest BCUT2D eigenvalue weighted by molar-refractivity contribution is 5.65. The standard InChI is InChI=1S/C16H23N3/c1-9(2)15(17)16-18-8-14(19-16)13-7-11(4)10(3)6-12(13)5/h6-9,15H,17H2,1-5H3,(H,18,19). The van der Waals surface area contributed by atoms with Gasteiger partial charge in [0.1, 0.15) is 5.82 Å². The maximum Gasteiger partial charge on any atom is 0.123 e. The van der Waals surface area contributed by atoms with Crippen LogP contribution in [-0.4, -0.2) is 9.97 Å². The zero-order chi connectivity index (χ0) is 14.2. The summed E-state index contributed by atoms with van der Waals surface area (Å²) in [5.74, 6) is 1.24. The lowest BCUT2D eigenvalue weighted by atomic mass is 9.99. The predicted molar refractivity (Wildman–Crippen MR) is 80.0 cm³/mol. The van der Waals surface area contributed by atoms with Crippen LogP contribution in [0.25, 0.3) is 11.3 Å². The van der Waals surface area contributed by atoms with Crippen LogP contribution in [0, 0.1) is 26.7 Å². The summed E-state index contributed by atoms with van der Waals surface area (Å²) < 4.78 is 0. The predicted octanol–water partition coefficient (Wildman–Crippen LogP) is 3.66. The molecule has 0 aliphatic heterocycles. The van der Waals surface area contributed by atoms with Crippen molar-refractivity contribution >= 4 is 0 Å². The van der Waals surface area contributed by atoms with Crippen LogP contribution in [0.2, 0.25) is 0 Å². The number of aryl methyl sites for hydroxylation is 3. The molecule has 1 unspecified atom stereocenters. The Morgan fingerprint density at radius 2 is 1.68 bits per heavy atom. The van der Waals surface area contributed by atoms with Crippen LogP contribution >= 0.6 is 0 Å². The van der Waals surface area contributed by atoms with E-state index < -0.39 is 0 Å². The molecule has 0 fully saturated rings. The number of aromatic nitrogens is 2. The van der Waals surface area contributed by atoms with Crippen molar-refractivity contribution in [1.29, 1.82) is 0 Å². The van der Waals surface area contributed by atoms with Gasteiger partial charge in [-0.2, -0.15) is 0 Å². The Kier molecular flexibility index (Phi) is 3.76. The Balaban J connectivity index is 2.41. The molecule has 3 heteroatoms. The first kappa shape index (κ1) is 13.8. The van der Waals surface area contributed by atoms with E-state index in [0.717, 1.165) is 11.5 Å². The van der Waals surface area contributed by atoms with E-state index in [9.17, 15) is 0 Å². The first-order chi connectivity index (χ1) is 8.90. The Bertz CT molecular complexity index is 582. The first-order valence-corrected chi connectivity index (χ1v) is 6.79. The number of hydrogen-bond acceptors (Lipinski definition) is 2. The van der Waals surface area contributed by atoms with Crippen LogP contribution in [0.15, 0.2) is 18.3 Å². The molecule has 19 heavy (non-hydrogen) atoms. The van der Waals surface area contributed by atoms with Gasteiger partial charge in [-0.3, -0.25) is 0 Å². The third kappa shape index (κ3) is 2.71. The van der Waals surface area contributed by atoms with Gasteiger partial charge in [-0.1, -0.05) is 19.9 Å². The van der Waals surface area contributed by atoms with E-state index >= 15 is 0 Å². The molecule has 1 heterocycles. The van der Waals surface area contributed by atoms with Crippen molar-refractivity contribution in [3.63, 3.8) is 0 Å². The quantitative estimate of drug-likeness (QED) is 0.881. The van der Waals surface area contributed by atoms with Gasteiger partial charge in [0.25, 0.3) is 0 Å². The van der Waals surface area contributed by atoms with E-state index in [1.54, 1.807) is 0 Å². The average Bonchev–Trinajstić information content (AvgIpc) is 2.81. The maximum atomic E-state index is 6.13. The first-order valence-electron chi connectivity index (χ1n) is 6.79. The lowest BCUT2D eigenvalue weighted by Crippen LogP contribution is -2.18. The topological polar surface area (TPSA) is 54.7 Å². The van der Waals surface area contributed by atoms with Crippen molar-refractivity contribution in [3.8, 4) is 11.3 Å². The summed E-state index contributed by atoms with van der Waals surface area (Å²) in [6.07, 6.45) is 1.88. The Labute approximate surface area is 115 Å². The van der Waals surface area contributed by atoms with Crippen molar-refractivity contribution in [2.75, 3.05) is 0 Å². The summed E-state index contributed by atoms with van der Waals surface area (Å²) in [4.78, 5) is 7.79. The molecule has 0 saturated heterocycles. The van der Waals surface area contributed by atoms with E-state index in [2.05, 4.69) is 56.7 Å². The van der Waals surface area contributed by atoms with Crippen LogP contribution in [0.5, 0.6) is 0 Å². The Morgan fingerprint density at radius 3 is 2.32 bits per heavy atom. The summed E-state index contributed by atoms with van der Waals surface area (Å²) in [6, 6.07) is 4.39. The highest BCUT2D eigenvalue weighted by atomic mass is 15.0. The van der Waals surface area contributed by atoms with Gasteiger partial charge in [0.15, 0.2) is 0 Å². The van der Waals surface area contributed by atoms with Crippen molar-refractivity contribution in [2.24, 2.45) is 11.7 Å². The van der Waals surface area contributed by atoms with Gasteiger partial charge in [-0.25, -0.2) is 4.98 Å².